The Morgan fingerprint density at radius 2 is 1.69 bits per heavy atom. The Hall–Kier alpha value is -4.03. The van der Waals surface area contributed by atoms with Crippen LogP contribution in [0.2, 0.25) is 0 Å². The number of carbonyl (C=O) groups is 2. The van der Waals surface area contributed by atoms with Gasteiger partial charge in [0.25, 0.3) is 0 Å². The van der Waals surface area contributed by atoms with Crippen molar-refractivity contribution in [2.75, 3.05) is 0 Å². The monoisotopic (exact) mass is 468 g/mol. The van der Waals surface area contributed by atoms with Crippen molar-refractivity contribution in [2.24, 2.45) is 0 Å². The number of carboxylic acids is 1. The number of ether oxygens (including phenoxy) is 1. The van der Waals surface area contributed by atoms with E-state index in [0.717, 1.165) is 27.7 Å². The van der Waals surface area contributed by atoms with Gasteiger partial charge in [0, 0.05) is 12.1 Å². The van der Waals surface area contributed by atoms with Gasteiger partial charge in [0.1, 0.15) is 0 Å². The first-order valence-electron chi connectivity index (χ1n) is 11.4. The van der Waals surface area contributed by atoms with Gasteiger partial charge in [0.2, 0.25) is 5.78 Å². The van der Waals surface area contributed by atoms with Crippen LogP contribution in [0.5, 0.6) is 0 Å². The first kappa shape index (κ1) is 24.1. The summed E-state index contributed by atoms with van der Waals surface area (Å²) in [5, 5.41) is 9.17. The van der Waals surface area contributed by atoms with Crippen molar-refractivity contribution in [3.8, 4) is 0 Å². The average molecular weight is 469 g/mol. The van der Waals surface area contributed by atoms with Crippen molar-refractivity contribution in [1.29, 1.82) is 0 Å². The first-order valence-corrected chi connectivity index (χ1v) is 11.4. The molecule has 4 aromatic rings. The highest BCUT2D eigenvalue weighted by molar-refractivity contribution is 6.08. The van der Waals surface area contributed by atoms with E-state index in [2.05, 4.69) is 4.98 Å². The van der Waals surface area contributed by atoms with Gasteiger partial charge in [-0.1, -0.05) is 78.4 Å². The molecule has 6 nitrogen and oxygen atoms in total. The van der Waals surface area contributed by atoms with Crippen molar-refractivity contribution >= 4 is 28.9 Å². The molecule has 1 aromatic heterocycles. The molecule has 4 rings (SSSR count). The molecule has 0 unspecified atom stereocenters. The van der Waals surface area contributed by atoms with Gasteiger partial charge in [-0.2, -0.15) is 0 Å². The summed E-state index contributed by atoms with van der Waals surface area (Å²) < 4.78 is 7.44. The maximum absolute atomic E-state index is 13.2. The smallest absolute Gasteiger partial charge is 0.335 e. The summed E-state index contributed by atoms with van der Waals surface area (Å²) in [6, 6.07) is 23.0. The minimum Gasteiger partial charge on any atom is -0.479 e. The highest BCUT2D eigenvalue weighted by atomic mass is 16.5. The number of carboxylic acid groups (broad SMARTS) is 1. The Kier molecular flexibility index (Phi) is 6.94. The summed E-state index contributed by atoms with van der Waals surface area (Å²) in [6.07, 6.45) is 3.99. The third-order valence-electron chi connectivity index (χ3n) is 5.86. The fraction of sp³-hybridized carbons (Fsp3) is 0.207. The number of aryl methyl sites for hydroxylation is 1. The van der Waals surface area contributed by atoms with Crippen LogP contribution in [0.1, 0.15) is 46.7 Å². The van der Waals surface area contributed by atoms with E-state index in [-0.39, 0.29) is 12.4 Å². The maximum atomic E-state index is 13.2. The lowest BCUT2D eigenvalue weighted by atomic mass is 10.1. The maximum Gasteiger partial charge on any atom is 0.335 e. The number of allylic oxidation sites excluding steroid dienone is 1. The molecule has 1 N–H and O–H groups in total. The molecule has 0 aliphatic rings. The summed E-state index contributed by atoms with van der Waals surface area (Å²) >= 11 is 0. The number of rotatable bonds is 9. The Morgan fingerprint density at radius 1 is 1.00 bits per heavy atom. The fourth-order valence-electron chi connectivity index (χ4n) is 3.61. The average Bonchev–Trinajstić information content (AvgIpc) is 3.22. The van der Waals surface area contributed by atoms with E-state index >= 15 is 0 Å². The molecule has 35 heavy (non-hydrogen) atoms. The van der Waals surface area contributed by atoms with E-state index in [1.54, 1.807) is 0 Å². The Morgan fingerprint density at radius 3 is 2.37 bits per heavy atom. The number of aromatic nitrogens is 2. The number of aliphatic carboxylic acids is 1. The minimum atomic E-state index is -1.24. The molecule has 0 fully saturated rings. The zero-order valence-electron chi connectivity index (χ0n) is 20.1. The summed E-state index contributed by atoms with van der Waals surface area (Å²) in [4.78, 5) is 29.1. The molecule has 0 spiro atoms. The van der Waals surface area contributed by atoms with Crippen LogP contribution in [0.3, 0.4) is 0 Å². The molecule has 0 saturated carbocycles. The third-order valence-corrected chi connectivity index (χ3v) is 5.86. The predicted molar refractivity (Wildman–Crippen MR) is 136 cm³/mol. The third kappa shape index (κ3) is 5.55. The molecule has 0 atom stereocenters. The van der Waals surface area contributed by atoms with Gasteiger partial charge in [-0.3, -0.25) is 4.79 Å². The normalized spacial score (nSPS) is 11.9. The fourth-order valence-corrected chi connectivity index (χ4v) is 3.61. The highest BCUT2D eigenvalue weighted by Crippen LogP contribution is 2.20. The van der Waals surface area contributed by atoms with Gasteiger partial charge in [0.05, 0.1) is 17.6 Å². The van der Waals surface area contributed by atoms with E-state index < -0.39 is 11.6 Å². The Labute approximate surface area is 204 Å². The number of ketones is 1. The topological polar surface area (TPSA) is 81.4 Å². The Balaban J connectivity index is 1.51. The first-order chi connectivity index (χ1) is 16.7. The van der Waals surface area contributed by atoms with Crippen molar-refractivity contribution in [1.82, 2.24) is 9.55 Å². The van der Waals surface area contributed by atoms with Crippen LogP contribution in [0.4, 0.5) is 0 Å². The van der Waals surface area contributed by atoms with Crippen molar-refractivity contribution in [3.05, 3.63) is 107 Å². The van der Waals surface area contributed by atoms with Gasteiger partial charge < -0.3 is 14.4 Å². The van der Waals surface area contributed by atoms with E-state index in [1.165, 1.54) is 13.8 Å². The number of nitrogens with zero attached hydrogens (tertiary/aromatic N) is 2. The molecule has 0 saturated heterocycles. The van der Waals surface area contributed by atoms with E-state index in [1.807, 2.05) is 96.4 Å². The highest BCUT2D eigenvalue weighted by Gasteiger charge is 2.27. The summed E-state index contributed by atoms with van der Waals surface area (Å²) in [5.74, 6) is -0.694. The lowest BCUT2D eigenvalue weighted by Crippen LogP contribution is -2.34. The molecule has 0 bridgehead atoms. The molecule has 0 aliphatic heterocycles. The molecular formula is C29H28N2O4. The summed E-state index contributed by atoms with van der Waals surface area (Å²) in [6.45, 7) is 5.76. The van der Waals surface area contributed by atoms with Crippen molar-refractivity contribution in [2.45, 2.75) is 39.5 Å². The number of hydrogen-bond acceptors (Lipinski definition) is 4. The zero-order valence-corrected chi connectivity index (χ0v) is 20.1. The molecule has 1 heterocycles. The number of hydrogen-bond donors (Lipinski definition) is 1. The predicted octanol–water partition coefficient (Wildman–Crippen LogP) is 5.67. The summed E-state index contributed by atoms with van der Waals surface area (Å²) in [7, 11) is 0. The van der Waals surface area contributed by atoms with E-state index in [4.69, 9.17) is 4.74 Å². The van der Waals surface area contributed by atoms with Crippen LogP contribution < -0.4 is 0 Å². The van der Waals surface area contributed by atoms with Gasteiger partial charge in [-0.05, 0) is 44.0 Å². The molecular weight excluding hydrogens is 440 g/mol. The van der Waals surface area contributed by atoms with Crippen LogP contribution in [0.15, 0.2) is 78.9 Å². The van der Waals surface area contributed by atoms with Gasteiger partial charge in [-0.25, -0.2) is 9.78 Å². The van der Waals surface area contributed by atoms with Crippen LogP contribution in [-0.2, 0) is 22.7 Å². The van der Waals surface area contributed by atoms with Crippen molar-refractivity contribution in [3.63, 3.8) is 0 Å². The Bertz CT molecular complexity index is 1380. The standard InChI is InChI=1S/C29H28N2O4/c1-20-10-16-23(17-11-20)26(32)27-30-24-8-4-5-9-25(24)31(27)18-6-7-21-12-14-22(15-13-21)19-35-29(2,3)28(33)34/h4-17H,18-19H2,1-3H3,(H,33,34)/b7-6+. The van der Waals surface area contributed by atoms with Gasteiger partial charge in [-0.15, -0.1) is 0 Å². The van der Waals surface area contributed by atoms with Crippen LogP contribution >= 0.6 is 0 Å². The molecule has 3 aromatic carbocycles. The summed E-state index contributed by atoms with van der Waals surface area (Å²) in [5.41, 5.74) is 4.04. The van der Waals surface area contributed by atoms with Crippen molar-refractivity contribution < 1.29 is 19.4 Å². The quantitative estimate of drug-likeness (QED) is 0.320. The van der Waals surface area contributed by atoms with Crippen LogP contribution in [-0.4, -0.2) is 32.0 Å². The van der Waals surface area contributed by atoms with Gasteiger partial charge in [0.15, 0.2) is 11.4 Å². The van der Waals surface area contributed by atoms with E-state index in [0.29, 0.717) is 17.9 Å². The number of fused-ring (bicyclic) bond motifs is 1. The van der Waals surface area contributed by atoms with E-state index in [9.17, 15) is 14.7 Å². The SMILES string of the molecule is Cc1ccc(C(=O)c2nc3ccccc3n2C/C=C/c2ccc(COC(C)(C)C(=O)O)cc2)cc1. The van der Waals surface area contributed by atoms with Gasteiger partial charge >= 0.3 is 5.97 Å². The molecule has 0 amide bonds. The second kappa shape index (κ2) is 10.1. The second-order valence-corrected chi connectivity index (χ2v) is 8.98. The number of imidazole rings is 1. The number of carbonyl (C=O) groups excluding carboxylic acids is 1. The van der Waals surface area contributed by atoms with Crippen LogP contribution in [0.25, 0.3) is 17.1 Å². The lowest BCUT2D eigenvalue weighted by molar-refractivity contribution is -0.162. The molecule has 0 radical (unpaired) electrons. The molecule has 6 heteroatoms. The number of para-hydroxylation sites is 2. The minimum absolute atomic E-state index is 0.108. The molecule has 178 valence electrons. The number of benzene rings is 3. The largest absolute Gasteiger partial charge is 0.479 e. The second-order valence-electron chi connectivity index (χ2n) is 8.98. The van der Waals surface area contributed by atoms with Crippen LogP contribution in [0, 0.1) is 6.92 Å². The lowest BCUT2D eigenvalue weighted by Gasteiger charge is -2.20. The molecule has 0 aliphatic carbocycles. The zero-order chi connectivity index (χ0) is 25.0.